The second kappa shape index (κ2) is 11.3. The van der Waals surface area contributed by atoms with Crippen LogP contribution < -0.4 is 0 Å². The molecule has 0 N–H and O–H groups in total. The first-order valence-electron chi connectivity index (χ1n) is 14.7. The molecule has 0 aliphatic rings. The van der Waals surface area contributed by atoms with Crippen molar-refractivity contribution in [2.24, 2.45) is 0 Å². The van der Waals surface area contributed by atoms with Crippen molar-refractivity contribution in [1.29, 1.82) is 5.26 Å². The van der Waals surface area contributed by atoms with Gasteiger partial charge in [-0.1, -0.05) is 127 Å². The summed E-state index contributed by atoms with van der Waals surface area (Å²) in [6.07, 6.45) is 0. The first-order chi connectivity index (χ1) is 22.2. The monoisotopic (exact) mass is 592 g/mol. The molecule has 5 heteroatoms. The fourth-order valence-electron chi connectivity index (χ4n) is 5.73. The van der Waals surface area contributed by atoms with Gasteiger partial charge >= 0.3 is 0 Å². The number of benzene rings is 6. The highest BCUT2D eigenvalue weighted by Crippen LogP contribution is 2.40. The summed E-state index contributed by atoms with van der Waals surface area (Å²) in [6.45, 7) is 0. The van der Waals surface area contributed by atoms with Gasteiger partial charge in [-0.05, 0) is 40.5 Å². The van der Waals surface area contributed by atoms with Crippen LogP contribution in [0.15, 0.2) is 146 Å². The summed E-state index contributed by atoms with van der Waals surface area (Å²) in [5, 5.41) is 12.1. The number of hydrogen-bond acceptors (Lipinski definition) is 5. The molecule has 0 atom stereocenters. The molecule has 2 aromatic heterocycles. The maximum atomic E-state index is 9.95. The van der Waals surface area contributed by atoms with E-state index in [4.69, 9.17) is 15.0 Å². The summed E-state index contributed by atoms with van der Waals surface area (Å²) in [4.78, 5) is 15.1. The van der Waals surface area contributed by atoms with Crippen LogP contribution >= 0.6 is 11.3 Å². The Morgan fingerprint density at radius 2 is 0.911 bits per heavy atom. The van der Waals surface area contributed by atoms with Gasteiger partial charge in [-0.25, -0.2) is 15.0 Å². The maximum absolute atomic E-state index is 9.95. The molecule has 0 amide bonds. The van der Waals surface area contributed by atoms with Gasteiger partial charge in [-0.15, -0.1) is 11.3 Å². The summed E-state index contributed by atoms with van der Waals surface area (Å²) < 4.78 is 2.19. The van der Waals surface area contributed by atoms with E-state index in [1.165, 1.54) is 0 Å². The lowest BCUT2D eigenvalue weighted by atomic mass is 10.0. The predicted molar refractivity (Wildman–Crippen MR) is 185 cm³/mol. The maximum Gasteiger partial charge on any atom is 0.164 e. The summed E-state index contributed by atoms with van der Waals surface area (Å²) in [7, 11) is 0. The minimum Gasteiger partial charge on any atom is -0.208 e. The summed E-state index contributed by atoms with van der Waals surface area (Å²) in [5.41, 5.74) is 7.74. The molecule has 210 valence electrons. The number of rotatable bonds is 5. The van der Waals surface area contributed by atoms with E-state index >= 15 is 0 Å². The van der Waals surface area contributed by atoms with Gasteiger partial charge in [0.2, 0.25) is 0 Å². The van der Waals surface area contributed by atoms with Gasteiger partial charge in [0.15, 0.2) is 17.5 Å². The lowest BCUT2D eigenvalue weighted by molar-refractivity contribution is 1.08. The third-order valence-electron chi connectivity index (χ3n) is 7.98. The van der Waals surface area contributed by atoms with Crippen molar-refractivity contribution in [2.45, 2.75) is 0 Å². The molecule has 6 aromatic carbocycles. The molecule has 45 heavy (non-hydrogen) atoms. The highest BCUT2D eigenvalue weighted by Gasteiger charge is 2.18. The molecule has 4 nitrogen and oxygen atoms in total. The number of nitrogens with zero attached hydrogens (tertiary/aromatic N) is 4. The minimum atomic E-state index is 0.542. The van der Waals surface area contributed by atoms with Crippen LogP contribution in [0.4, 0.5) is 0 Å². The van der Waals surface area contributed by atoms with Crippen LogP contribution in [-0.2, 0) is 0 Å². The van der Waals surface area contributed by atoms with E-state index in [2.05, 4.69) is 91.0 Å². The molecule has 0 aliphatic heterocycles. The molecule has 0 fully saturated rings. The highest BCUT2D eigenvalue weighted by molar-refractivity contribution is 7.26. The number of thiophene rings is 1. The molecule has 8 aromatic rings. The Labute approximate surface area is 264 Å². The fourth-order valence-corrected chi connectivity index (χ4v) is 6.91. The first kappa shape index (κ1) is 26.7. The van der Waals surface area contributed by atoms with E-state index in [0.29, 0.717) is 23.0 Å². The highest BCUT2D eigenvalue weighted by atomic mass is 32.1. The van der Waals surface area contributed by atoms with Crippen LogP contribution in [0.25, 0.3) is 76.6 Å². The normalized spacial score (nSPS) is 11.1. The Morgan fingerprint density at radius 3 is 1.47 bits per heavy atom. The van der Waals surface area contributed by atoms with Gasteiger partial charge < -0.3 is 0 Å². The Bertz CT molecular complexity index is 2250. The van der Waals surface area contributed by atoms with Crippen molar-refractivity contribution in [2.75, 3.05) is 0 Å². The average Bonchev–Trinajstić information content (AvgIpc) is 3.50. The standard InChI is InChI=1S/C40H24N4S/c41-25-26-23-34(37-33-13-7-8-14-35(33)45-36(37)24-26)40-43-38(31-19-15-29(16-20-31)27-9-3-1-4-10-27)42-39(44-40)32-21-17-30(18-22-32)28-11-5-2-6-12-28/h1-24H. The average molecular weight is 593 g/mol. The van der Waals surface area contributed by atoms with Crippen molar-refractivity contribution < 1.29 is 0 Å². The van der Waals surface area contributed by atoms with E-state index in [1.54, 1.807) is 11.3 Å². The van der Waals surface area contributed by atoms with Crippen LogP contribution in [0.1, 0.15) is 5.56 Å². The summed E-state index contributed by atoms with van der Waals surface area (Å²) >= 11 is 1.68. The third kappa shape index (κ3) is 5.04. The lowest BCUT2D eigenvalue weighted by Gasteiger charge is -2.11. The molecule has 0 aliphatic carbocycles. The Hall–Kier alpha value is -5.96. The topological polar surface area (TPSA) is 62.5 Å². The van der Waals surface area contributed by atoms with Crippen molar-refractivity contribution in [3.8, 4) is 62.5 Å². The molecule has 8 rings (SSSR count). The van der Waals surface area contributed by atoms with E-state index < -0.39 is 0 Å². The van der Waals surface area contributed by atoms with Gasteiger partial charge in [0.05, 0.1) is 11.6 Å². The van der Waals surface area contributed by atoms with Crippen molar-refractivity contribution in [3.05, 3.63) is 151 Å². The van der Waals surface area contributed by atoms with Gasteiger partial charge in [0, 0.05) is 36.9 Å². The molecule has 0 bridgehead atoms. The van der Waals surface area contributed by atoms with Crippen molar-refractivity contribution >= 4 is 31.5 Å². The number of fused-ring (bicyclic) bond motifs is 3. The van der Waals surface area contributed by atoms with E-state index in [1.807, 2.05) is 60.7 Å². The van der Waals surface area contributed by atoms with E-state index in [9.17, 15) is 5.26 Å². The molecular weight excluding hydrogens is 569 g/mol. The molecule has 0 spiro atoms. The second-order valence-electron chi connectivity index (χ2n) is 10.8. The Kier molecular flexibility index (Phi) is 6.68. The Balaban J connectivity index is 1.32. The molecular formula is C40H24N4S. The van der Waals surface area contributed by atoms with Crippen LogP contribution in [0.2, 0.25) is 0 Å². The van der Waals surface area contributed by atoms with E-state index in [-0.39, 0.29) is 0 Å². The molecule has 2 heterocycles. The summed E-state index contributed by atoms with van der Waals surface area (Å²) in [6, 6.07) is 51.8. The molecule has 0 unspecified atom stereocenters. The van der Waals surface area contributed by atoms with Crippen molar-refractivity contribution in [3.63, 3.8) is 0 Å². The molecule has 0 saturated carbocycles. The number of hydrogen-bond donors (Lipinski definition) is 0. The molecule has 0 saturated heterocycles. The summed E-state index contributed by atoms with van der Waals surface area (Å²) in [5.74, 6) is 1.70. The van der Waals surface area contributed by atoms with Gasteiger partial charge in [-0.2, -0.15) is 5.26 Å². The third-order valence-corrected chi connectivity index (χ3v) is 9.10. The zero-order valence-electron chi connectivity index (χ0n) is 24.1. The zero-order valence-corrected chi connectivity index (χ0v) is 24.9. The first-order valence-corrected chi connectivity index (χ1v) is 15.5. The van der Waals surface area contributed by atoms with Crippen LogP contribution in [0.3, 0.4) is 0 Å². The van der Waals surface area contributed by atoms with Crippen LogP contribution in [0.5, 0.6) is 0 Å². The molecule has 0 radical (unpaired) electrons. The van der Waals surface area contributed by atoms with E-state index in [0.717, 1.165) is 59.1 Å². The predicted octanol–water partition coefficient (Wildman–Crippen LogP) is 10.4. The Morgan fingerprint density at radius 1 is 0.444 bits per heavy atom. The zero-order chi connectivity index (χ0) is 30.2. The smallest absolute Gasteiger partial charge is 0.164 e. The minimum absolute atomic E-state index is 0.542. The largest absolute Gasteiger partial charge is 0.208 e. The van der Waals surface area contributed by atoms with Crippen LogP contribution in [0, 0.1) is 11.3 Å². The van der Waals surface area contributed by atoms with Gasteiger partial charge in [0.1, 0.15) is 0 Å². The van der Waals surface area contributed by atoms with Crippen LogP contribution in [-0.4, -0.2) is 15.0 Å². The SMILES string of the molecule is N#Cc1cc(-c2nc(-c3ccc(-c4ccccc4)cc3)nc(-c3ccc(-c4ccccc4)cc3)n2)c2c(c1)sc1ccccc12. The fraction of sp³-hybridized carbons (Fsp3) is 0. The quantitative estimate of drug-likeness (QED) is 0.199. The van der Waals surface area contributed by atoms with Gasteiger partial charge in [0.25, 0.3) is 0 Å². The number of nitriles is 1. The van der Waals surface area contributed by atoms with Crippen molar-refractivity contribution in [1.82, 2.24) is 15.0 Å². The second-order valence-corrected chi connectivity index (χ2v) is 11.9. The number of aromatic nitrogens is 3. The lowest BCUT2D eigenvalue weighted by Crippen LogP contribution is -2.01. The van der Waals surface area contributed by atoms with Gasteiger partial charge in [-0.3, -0.25) is 0 Å².